The maximum absolute atomic E-state index is 12.5. The number of amides is 1. The van der Waals surface area contributed by atoms with E-state index in [4.69, 9.17) is 19.7 Å². The third-order valence-corrected chi connectivity index (χ3v) is 4.33. The molecule has 0 saturated carbocycles. The summed E-state index contributed by atoms with van der Waals surface area (Å²) in [6.07, 6.45) is 1.39. The molecule has 1 aromatic rings. The Bertz CT molecular complexity index is 549. The first-order valence-corrected chi connectivity index (χ1v) is 8.90. The molecule has 1 aliphatic heterocycles. The highest BCUT2D eigenvalue weighted by atomic mass is 35.5. The minimum Gasteiger partial charge on any atom is -0.381 e. The van der Waals surface area contributed by atoms with Crippen molar-refractivity contribution < 1.29 is 18.8 Å². The minimum absolute atomic E-state index is 0. The molecule has 2 N–H and O–H groups in total. The van der Waals surface area contributed by atoms with E-state index in [0.29, 0.717) is 37.5 Å². The number of nitrogens with zero attached hydrogens (tertiary/aromatic N) is 3. The highest BCUT2D eigenvalue weighted by Gasteiger charge is 2.29. The first-order valence-electron chi connectivity index (χ1n) is 8.90. The second-order valence-electron chi connectivity index (χ2n) is 7.09. The zero-order valence-corrected chi connectivity index (χ0v) is 16.8. The molecule has 1 fully saturated rings. The Kier molecular flexibility index (Phi) is 9.49. The fraction of sp³-hybridized carbons (Fsp3) is 0.824. The molecule has 0 aromatic carbocycles. The van der Waals surface area contributed by atoms with E-state index in [0.717, 1.165) is 12.8 Å². The summed E-state index contributed by atoms with van der Waals surface area (Å²) in [4.78, 5) is 18.4. The highest BCUT2D eigenvalue weighted by Crippen LogP contribution is 2.19. The monoisotopic (exact) mass is 390 g/mol. The summed E-state index contributed by atoms with van der Waals surface area (Å²) in [5, 5.41) is 3.94. The van der Waals surface area contributed by atoms with Crippen molar-refractivity contribution in [1.29, 1.82) is 0 Å². The van der Waals surface area contributed by atoms with Crippen LogP contribution in [-0.2, 0) is 20.8 Å². The number of rotatable bonds is 8. The number of hydrogen-bond acceptors (Lipinski definition) is 7. The summed E-state index contributed by atoms with van der Waals surface area (Å²) in [7, 11) is 1.70. The first-order chi connectivity index (χ1) is 11.9. The largest absolute Gasteiger partial charge is 0.381 e. The molecule has 2 rings (SSSR count). The van der Waals surface area contributed by atoms with Crippen molar-refractivity contribution in [3.63, 3.8) is 0 Å². The molecule has 0 aliphatic carbocycles. The predicted molar refractivity (Wildman–Crippen MR) is 98.7 cm³/mol. The molecule has 1 saturated heterocycles. The van der Waals surface area contributed by atoms with Gasteiger partial charge < -0.3 is 24.6 Å². The third kappa shape index (κ3) is 6.50. The van der Waals surface area contributed by atoms with Gasteiger partial charge in [-0.15, -0.1) is 12.4 Å². The predicted octanol–water partition coefficient (Wildman–Crippen LogP) is 1.94. The Balaban J connectivity index is 0.00000338. The van der Waals surface area contributed by atoms with Crippen LogP contribution < -0.4 is 5.73 Å². The van der Waals surface area contributed by atoms with Gasteiger partial charge in [-0.3, -0.25) is 4.79 Å². The lowest BCUT2D eigenvalue weighted by Crippen LogP contribution is -2.47. The molecule has 8 nitrogen and oxygen atoms in total. The van der Waals surface area contributed by atoms with Crippen molar-refractivity contribution in [3.8, 4) is 0 Å². The summed E-state index contributed by atoms with van der Waals surface area (Å²) in [6.45, 7) is 8.23. The number of likely N-dealkylation sites (N-methyl/N-ethyl adjacent to an activating group) is 1. The number of aromatic nitrogens is 2. The summed E-state index contributed by atoms with van der Waals surface area (Å²) < 4.78 is 16.2. The summed E-state index contributed by atoms with van der Waals surface area (Å²) in [6, 6.07) is -0.524. The maximum Gasteiger partial charge on any atom is 0.246 e. The third-order valence-electron chi connectivity index (χ3n) is 4.33. The van der Waals surface area contributed by atoms with Crippen LogP contribution in [-0.4, -0.2) is 53.9 Å². The van der Waals surface area contributed by atoms with Crippen LogP contribution in [0.15, 0.2) is 4.52 Å². The second-order valence-corrected chi connectivity index (χ2v) is 7.09. The van der Waals surface area contributed by atoms with Crippen molar-refractivity contribution in [3.05, 3.63) is 11.7 Å². The molecule has 150 valence electrons. The van der Waals surface area contributed by atoms with E-state index < -0.39 is 6.04 Å². The van der Waals surface area contributed by atoms with Crippen molar-refractivity contribution in [2.75, 3.05) is 26.9 Å². The van der Waals surface area contributed by atoms with Gasteiger partial charge in [0.05, 0.1) is 12.6 Å². The van der Waals surface area contributed by atoms with Gasteiger partial charge in [0, 0.05) is 26.9 Å². The van der Waals surface area contributed by atoms with Crippen LogP contribution in [0.25, 0.3) is 0 Å². The molecule has 26 heavy (non-hydrogen) atoms. The SMILES string of the molecule is CC(C)COC(C)c1noc(CN(C)C(=O)C(N)C2CCOCC2)n1.Cl. The van der Waals surface area contributed by atoms with Crippen molar-refractivity contribution in [2.24, 2.45) is 17.6 Å². The lowest BCUT2D eigenvalue weighted by molar-refractivity contribution is -0.134. The van der Waals surface area contributed by atoms with Gasteiger partial charge in [0.2, 0.25) is 11.8 Å². The Morgan fingerprint density at radius 1 is 1.35 bits per heavy atom. The Hall–Kier alpha value is -1.22. The quantitative estimate of drug-likeness (QED) is 0.723. The fourth-order valence-electron chi connectivity index (χ4n) is 2.72. The summed E-state index contributed by atoms with van der Waals surface area (Å²) in [5.74, 6) is 1.35. The molecule has 1 aliphatic rings. The molecular formula is C17H31ClN4O4. The second kappa shape index (κ2) is 10.8. The number of hydrogen-bond donors (Lipinski definition) is 1. The zero-order valence-electron chi connectivity index (χ0n) is 16.0. The standard InChI is InChI=1S/C17H30N4O4.ClH/c1-11(2)10-24-12(3)16-19-14(25-20-16)9-21(4)17(22)15(18)13-5-7-23-8-6-13;/h11-13,15H,5-10,18H2,1-4H3;1H. The fourth-order valence-corrected chi connectivity index (χ4v) is 2.72. The molecule has 1 aromatic heterocycles. The van der Waals surface area contributed by atoms with E-state index in [9.17, 15) is 4.79 Å². The van der Waals surface area contributed by atoms with Crippen LogP contribution in [0.1, 0.15) is 51.4 Å². The smallest absolute Gasteiger partial charge is 0.246 e. The zero-order chi connectivity index (χ0) is 18.4. The summed E-state index contributed by atoms with van der Waals surface area (Å²) in [5.41, 5.74) is 6.13. The lowest BCUT2D eigenvalue weighted by Gasteiger charge is -2.29. The van der Waals surface area contributed by atoms with Gasteiger partial charge in [-0.05, 0) is 31.6 Å². The number of ether oxygens (including phenoxy) is 2. The Morgan fingerprint density at radius 2 is 2.00 bits per heavy atom. The van der Waals surface area contributed by atoms with Crippen LogP contribution in [0.2, 0.25) is 0 Å². The number of carbonyl (C=O) groups is 1. The van der Waals surface area contributed by atoms with E-state index >= 15 is 0 Å². The molecule has 2 heterocycles. The lowest BCUT2D eigenvalue weighted by atomic mass is 9.91. The van der Waals surface area contributed by atoms with Crippen LogP contribution in [0.4, 0.5) is 0 Å². The van der Waals surface area contributed by atoms with Crippen LogP contribution in [0.5, 0.6) is 0 Å². The van der Waals surface area contributed by atoms with Crippen molar-refractivity contribution in [1.82, 2.24) is 15.0 Å². The van der Waals surface area contributed by atoms with Gasteiger partial charge >= 0.3 is 0 Å². The van der Waals surface area contributed by atoms with E-state index in [1.807, 2.05) is 6.92 Å². The van der Waals surface area contributed by atoms with E-state index in [-0.39, 0.29) is 36.9 Å². The molecular weight excluding hydrogens is 360 g/mol. The van der Waals surface area contributed by atoms with Crippen molar-refractivity contribution in [2.45, 2.75) is 52.3 Å². The minimum atomic E-state index is -0.524. The number of halogens is 1. The molecule has 0 spiro atoms. The van der Waals surface area contributed by atoms with Gasteiger partial charge in [0.15, 0.2) is 5.82 Å². The van der Waals surface area contributed by atoms with Gasteiger partial charge in [-0.2, -0.15) is 4.98 Å². The highest BCUT2D eigenvalue weighted by molar-refractivity contribution is 5.85. The van der Waals surface area contributed by atoms with Gasteiger partial charge in [0.1, 0.15) is 6.10 Å². The average Bonchev–Trinajstić information content (AvgIpc) is 3.07. The van der Waals surface area contributed by atoms with Gasteiger partial charge in [0.25, 0.3) is 0 Å². The normalized spacial score (nSPS) is 17.6. The maximum atomic E-state index is 12.5. The molecule has 0 bridgehead atoms. The number of carbonyl (C=O) groups excluding carboxylic acids is 1. The van der Waals surface area contributed by atoms with Gasteiger partial charge in [-0.25, -0.2) is 0 Å². The topological polar surface area (TPSA) is 104 Å². The van der Waals surface area contributed by atoms with Gasteiger partial charge in [-0.1, -0.05) is 19.0 Å². The number of nitrogens with two attached hydrogens (primary N) is 1. The molecule has 2 unspecified atom stereocenters. The summed E-state index contributed by atoms with van der Waals surface area (Å²) >= 11 is 0. The molecule has 0 radical (unpaired) electrons. The Morgan fingerprint density at radius 3 is 2.62 bits per heavy atom. The molecule has 9 heteroatoms. The Labute approximate surface area is 161 Å². The first kappa shape index (κ1) is 22.8. The molecule has 2 atom stereocenters. The molecule has 1 amide bonds. The van der Waals surface area contributed by atoms with E-state index in [2.05, 4.69) is 24.0 Å². The average molecular weight is 391 g/mol. The van der Waals surface area contributed by atoms with Crippen LogP contribution in [0.3, 0.4) is 0 Å². The van der Waals surface area contributed by atoms with E-state index in [1.165, 1.54) is 4.90 Å². The van der Waals surface area contributed by atoms with Crippen molar-refractivity contribution >= 4 is 18.3 Å². The van der Waals surface area contributed by atoms with Crippen LogP contribution >= 0.6 is 12.4 Å². The van der Waals surface area contributed by atoms with E-state index in [1.54, 1.807) is 7.05 Å². The van der Waals surface area contributed by atoms with Crippen LogP contribution in [0, 0.1) is 11.8 Å².